The van der Waals surface area contributed by atoms with Crippen LogP contribution in [0.5, 0.6) is 0 Å². The minimum atomic E-state index is -0.820. The molecular weight excluding hydrogens is 384 g/mol. The fraction of sp³-hybridized carbons (Fsp3) is 0.722. The lowest BCUT2D eigenvalue weighted by Crippen LogP contribution is -2.59. The number of carbonyl (C=O) groups excluding carboxylic acids is 2. The topological polar surface area (TPSA) is 86.9 Å². The maximum Gasteiger partial charge on any atom is 0.273 e. The van der Waals surface area contributed by atoms with Gasteiger partial charge in [0.25, 0.3) is 5.91 Å². The summed E-state index contributed by atoms with van der Waals surface area (Å²) in [6, 6.07) is 0. The van der Waals surface area contributed by atoms with Gasteiger partial charge in [-0.25, -0.2) is 0 Å². The molecule has 0 spiro atoms. The number of amides is 2. The number of rotatable bonds is 7. The molecule has 2 amide bonds. The molecule has 0 aromatic carbocycles. The highest BCUT2D eigenvalue weighted by Crippen LogP contribution is 2.30. The molecule has 7 heteroatoms. The summed E-state index contributed by atoms with van der Waals surface area (Å²) in [6.07, 6.45) is 6.31. The van der Waals surface area contributed by atoms with Crippen LogP contribution < -0.4 is 10.6 Å². The van der Waals surface area contributed by atoms with Crippen LogP contribution >= 0.6 is 15.9 Å². The average Bonchev–Trinajstić information content (AvgIpc) is 2.97. The molecule has 0 unspecified atom stereocenters. The van der Waals surface area contributed by atoms with Gasteiger partial charge in [0.1, 0.15) is 5.54 Å². The van der Waals surface area contributed by atoms with Gasteiger partial charge >= 0.3 is 0 Å². The SMILES string of the molecule is CCCCNC(=O)C1(NC(=O)c2n[nH]c(C(C)C)c2Br)CCCCC1. The van der Waals surface area contributed by atoms with Gasteiger partial charge in [0.05, 0.1) is 10.2 Å². The van der Waals surface area contributed by atoms with Gasteiger partial charge in [-0.1, -0.05) is 46.5 Å². The van der Waals surface area contributed by atoms with Crippen molar-refractivity contribution in [3.63, 3.8) is 0 Å². The zero-order chi connectivity index (χ0) is 18.4. The van der Waals surface area contributed by atoms with Crippen LogP contribution in [0, 0.1) is 0 Å². The molecule has 1 heterocycles. The summed E-state index contributed by atoms with van der Waals surface area (Å²) >= 11 is 3.47. The van der Waals surface area contributed by atoms with E-state index in [9.17, 15) is 9.59 Å². The lowest BCUT2D eigenvalue weighted by Gasteiger charge is -2.36. The third kappa shape index (κ3) is 4.63. The molecular formula is C18H29BrN4O2. The van der Waals surface area contributed by atoms with Crippen molar-refractivity contribution in [2.45, 2.75) is 77.2 Å². The second-order valence-corrected chi connectivity index (χ2v) is 7.95. The molecule has 0 aliphatic heterocycles. The van der Waals surface area contributed by atoms with E-state index < -0.39 is 5.54 Å². The van der Waals surface area contributed by atoms with Crippen LogP contribution in [0.4, 0.5) is 0 Å². The molecule has 1 fully saturated rings. The molecule has 0 radical (unpaired) electrons. The highest BCUT2D eigenvalue weighted by atomic mass is 79.9. The minimum Gasteiger partial charge on any atom is -0.354 e. The number of unbranched alkanes of at least 4 members (excludes halogenated alkanes) is 1. The molecule has 1 aromatic heterocycles. The molecule has 0 saturated heterocycles. The quantitative estimate of drug-likeness (QED) is 0.597. The largest absolute Gasteiger partial charge is 0.354 e. The summed E-state index contributed by atoms with van der Waals surface area (Å²) in [6.45, 7) is 6.80. The minimum absolute atomic E-state index is 0.0651. The first-order valence-corrected chi connectivity index (χ1v) is 10.0. The normalized spacial score (nSPS) is 16.7. The zero-order valence-corrected chi connectivity index (χ0v) is 17.0. The number of aromatic amines is 1. The van der Waals surface area contributed by atoms with Crippen LogP contribution in [0.25, 0.3) is 0 Å². The fourth-order valence-corrected chi connectivity index (χ4v) is 4.08. The van der Waals surface area contributed by atoms with Gasteiger partial charge in [0, 0.05) is 6.54 Å². The molecule has 6 nitrogen and oxygen atoms in total. The molecule has 1 aliphatic carbocycles. The summed E-state index contributed by atoms with van der Waals surface area (Å²) in [5.41, 5.74) is 0.379. The summed E-state index contributed by atoms with van der Waals surface area (Å²) in [5, 5.41) is 13.1. The summed E-state index contributed by atoms with van der Waals surface area (Å²) in [4.78, 5) is 25.6. The Labute approximate surface area is 158 Å². The first-order chi connectivity index (χ1) is 11.9. The van der Waals surface area contributed by atoms with Crippen LogP contribution in [-0.2, 0) is 4.79 Å². The Bertz CT molecular complexity index is 606. The van der Waals surface area contributed by atoms with Crippen molar-refractivity contribution in [1.29, 1.82) is 0 Å². The second-order valence-electron chi connectivity index (χ2n) is 7.16. The van der Waals surface area contributed by atoms with Crippen LogP contribution in [0.15, 0.2) is 4.47 Å². The van der Waals surface area contributed by atoms with Crippen LogP contribution in [-0.4, -0.2) is 34.1 Å². The van der Waals surface area contributed by atoms with Crippen molar-refractivity contribution in [3.05, 3.63) is 15.9 Å². The Kier molecular flexibility index (Phi) is 7.04. The average molecular weight is 413 g/mol. The van der Waals surface area contributed by atoms with Gasteiger partial charge in [0.2, 0.25) is 5.91 Å². The lowest BCUT2D eigenvalue weighted by atomic mass is 9.80. The molecule has 0 atom stereocenters. The van der Waals surface area contributed by atoms with Gasteiger partial charge in [-0.3, -0.25) is 14.7 Å². The van der Waals surface area contributed by atoms with Crippen molar-refractivity contribution in [3.8, 4) is 0 Å². The van der Waals surface area contributed by atoms with Gasteiger partial charge in [0.15, 0.2) is 5.69 Å². The third-order valence-corrected chi connectivity index (χ3v) is 5.64. The van der Waals surface area contributed by atoms with E-state index >= 15 is 0 Å². The van der Waals surface area contributed by atoms with E-state index in [2.05, 4.69) is 43.7 Å². The van der Waals surface area contributed by atoms with Crippen LogP contribution in [0.2, 0.25) is 0 Å². The van der Waals surface area contributed by atoms with Gasteiger partial charge in [-0.05, 0) is 41.1 Å². The van der Waals surface area contributed by atoms with Crippen molar-refractivity contribution in [1.82, 2.24) is 20.8 Å². The number of hydrogen-bond acceptors (Lipinski definition) is 3. The van der Waals surface area contributed by atoms with E-state index in [1.165, 1.54) is 0 Å². The van der Waals surface area contributed by atoms with E-state index in [4.69, 9.17) is 0 Å². The van der Waals surface area contributed by atoms with Crippen LogP contribution in [0.3, 0.4) is 0 Å². The second kappa shape index (κ2) is 8.83. The number of nitrogens with one attached hydrogen (secondary N) is 3. The van der Waals surface area contributed by atoms with Gasteiger partial charge in [-0.2, -0.15) is 5.10 Å². The zero-order valence-electron chi connectivity index (χ0n) is 15.4. The first kappa shape index (κ1) is 19.9. The first-order valence-electron chi connectivity index (χ1n) is 9.26. The number of halogens is 1. The predicted molar refractivity (Wildman–Crippen MR) is 102 cm³/mol. The van der Waals surface area contributed by atoms with E-state index in [1.54, 1.807) is 0 Å². The van der Waals surface area contributed by atoms with E-state index in [-0.39, 0.29) is 17.7 Å². The Balaban J connectivity index is 2.16. The highest BCUT2D eigenvalue weighted by molar-refractivity contribution is 9.10. The smallest absolute Gasteiger partial charge is 0.273 e. The molecule has 3 N–H and O–H groups in total. The van der Waals surface area contributed by atoms with Crippen molar-refractivity contribution in [2.24, 2.45) is 0 Å². The number of aromatic nitrogens is 2. The van der Waals surface area contributed by atoms with E-state index in [0.29, 0.717) is 29.6 Å². The van der Waals surface area contributed by atoms with E-state index in [0.717, 1.165) is 37.8 Å². The highest BCUT2D eigenvalue weighted by Gasteiger charge is 2.41. The summed E-state index contributed by atoms with van der Waals surface area (Å²) < 4.78 is 0.678. The predicted octanol–water partition coefficient (Wildman–Crippen LogP) is 3.64. The van der Waals surface area contributed by atoms with Crippen molar-refractivity contribution in [2.75, 3.05) is 6.54 Å². The van der Waals surface area contributed by atoms with Crippen LogP contribution in [0.1, 0.15) is 87.8 Å². The maximum absolute atomic E-state index is 12.8. The number of carbonyl (C=O) groups is 2. The monoisotopic (exact) mass is 412 g/mol. The number of H-pyrrole nitrogens is 1. The molecule has 140 valence electrons. The number of hydrogen-bond donors (Lipinski definition) is 3. The maximum atomic E-state index is 12.8. The lowest BCUT2D eigenvalue weighted by molar-refractivity contribution is -0.128. The Hall–Kier alpha value is -1.37. The van der Waals surface area contributed by atoms with E-state index in [1.807, 2.05) is 13.8 Å². The van der Waals surface area contributed by atoms with Crippen molar-refractivity contribution >= 4 is 27.7 Å². The Morgan fingerprint density at radius 1 is 1.28 bits per heavy atom. The molecule has 25 heavy (non-hydrogen) atoms. The molecule has 1 aromatic rings. The standard InChI is InChI=1S/C18H29BrN4O2/c1-4-5-11-20-17(25)18(9-7-6-8-10-18)21-16(24)15-13(19)14(12(2)3)22-23-15/h12H,4-11H2,1-3H3,(H,20,25)(H,21,24)(H,22,23). The molecule has 1 saturated carbocycles. The molecule has 1 aliphatic rings. The Morgan fingerprint density at radius 3 is 2.52 bits per heavy atom. The molecule has 0 bridgehead atoms. The van der Waals surface area contributed by atoms with Crippen molar-refractivity contribution < 1.29 is 9.59 Å². The number of nitrogens with zero attached hydrogens (tertiary/aromatic N) is 1. The summed E-state index contributed by atoms with van der Waals surface area (Å²) in [5.74, 6) is -0.142. The molecule has 2 rings (SSSR count). The van der Waals surface area contributed by atoms with Gasteiger partial charge in [-0.15, -0.1) is 0 Å². The fourth-order valence-electron chi connectivity index (χ4n) is 3.26. The third-order valence-electron chi connectivity index (χ3n) is 4.84. The van der Waals surface area contributed by atoms with Gasteiger partial charge < -0.3 is 10.6 Å². The Morgan fingerprint density at radius 2 is 1.96 bits per heavy atom. The summed E-state index contributed by atoms with van der Waals surface area (Å²) in [7, 11) is 0.